The third-order valence-corrected chi connectivity index (χ3v) is 9.46. The largest absolute Gasteiger partial charge is 0.233 e. The molecule has 0 radical (unpaired) electrons. The molecule has 2 aliphatic rings. The summed E-state index contributed by atoms with van der Waals surface area (Å²) in [4.78, 5) is 0. The van der Waals surface area contributed by atoms with Crippen molar-refractivity contribution >= 4 is 10.9 Å². The lowest BCUT2D eigenvalue weighted by atomic mass is 9.70. The topological polar surface area (TPSA) is 17.8 Å². The van der Waals surface area contributed by atoms with Crippen LogP contribution < -0.4 is 0 Å². The molecule has 2 saturated carbocycles. The summed E-state index contributed by atoms with van der Waals surface area (Å²) in [6.07, 6.45) is 17.0. The molecule has 2 nitrogen and oxygen atoms in total. The molecule has 1 atom stereocenters. The lowest BCUT2D eigenvalue weighted by Gasteiger charge is -2.35. The molecule has 2 heteroatoms. The van der Waals surface area contributed by atoms with Crippen LogP contribution in [0.25, 0.3) is 16.6 Å². The average molecular weight is 429 g/mol. The number of hydrogen-bond donors (Lipinski definition) is 0. The summed E-state index contributed by atoms with van der Waals surface area (Å²) in [5.41, 5.74) is 6.38. The molecule has 0 N–H and O–H groups in total. The Balaban J connectivity index is 1.43. The molecular weight excluding hydrogens is 388 g/mol. The Hall–Kier alpha value is -2.09. The van der Waals surface area contributed by atoms with Gasteiger partial charge in [0.15, 0.2) is 0 Å². The number of hydrogen-bond acceptors (Lipinski definition) is 1. The minimum atomic E-state index is 0.494. The number of fused-ring (bicyclic) bond motifs is 1. The van der Waals surface area contributed by atoms with Crippen molar-refractivity contribution in [3.8, 4) is 5.69 Å². The Kier molecular flexibility index (Phi) is 5.90. The fraction of sp³-hybridized carbons (Fsp3) is 0.567. The van der Waals surface area contributed by atoms with Gasteiger partial charge in [-0.25, -0.2) is 4.68 Å². The first kappa shape index (κ1) is 21.7. The van der Waals surface area contributed by atoms with Crippen molar-refractivity contribution < 1.29 is 0 Å². The monoisotopic (exact) mass is 428 g/mol. The van der Waals surface area contributed by atoms with Gasteiger partial charge in [-0.1, -0.05) is 71.1 Å². The van der Waals surface area contributed by atoms with Crippen molar-refractivity contribution in [1.29, 1.82) is 0 Å². The molecule has 32 heavy (non-hydrogen) atoms. The molecule has 1 heterocycles. The molecule has 0 aliphatic heterocycles. The Morgan fingerprint density at radius 1 is 0.906 bits per heavy atom. The SMILES string of the molecule is CCC1(Cc2cccc(-n3ncc4cc(C(C)C5(CC)CCCC5)ccc43)c2)CCCC1. The molecule has 2 fully saturated rings. The van der Waals surface area contributed by atoms with Crippen molar-refractivity contribution in [2.45, 2.75) is 97.3 Å². The third kappa shape index (κ3) is 3.80. The van der Waals surface area contributed by atoms with E-state index in [-0.39, 0.29) is 0 Å². The summed E-state index contributed by atoms with van der Waals surface area (Å²) in [6.45, 7) is 7.22. The van der Waals surface area contributed by atoms with Crippen LogP contribution in [0.2, 0.25) is 0 Å². The zero-order chi connectivity index (χ0) is 22.2. The third-order valence-electron chi connectivity index (χ3n) is 9.46. The van der Waals surface area contributed by atoms with Crippen LogP contribution in [0.4, 0.5) is 0 Å². The molecule has 5 rings (SSSR count). The first-order valence-electron chi connectivity index (χ1n) is 13.2. The van der Waals surface area contributed by atoms with Crippen LogP contribution >= 0.6 is 0 Å². The average Bonchev–Trinajstić information content (AvgIpc) is 3.58. The molecule has 1 aromatic heterocycles. The van der Waals surface area contributed by atoms with Gasteiger partial charge in [-0.05, 0) is 90.7 Å². The van der Waals surface area contributed by atoms with E-state index in [9.17, 15) is 0 Å². The van der Waals surface area contributed by atoms with E-state index in [1.165, 1.54) is 98.3 Å². The zero-order valence-corrected chi connectivity index (χ0v) is 20.4. The van der Waals surface area contributed by atoms with Crippen molar-refractivity contribution in [1.82, 2.24) is 9.78 Å². The molecule has 0 saturated heterocycles. The van der Waals surface area contributed by atoms with Crippen molar-refractivity contribution in [2.24, 2.45) is 10.8 Å². The van der Waals surface area contributed by atoms with Crippen molar-refractivity contribution in [3.05, 3.63) is 59.8 Å². The molecule has 0 spiro atoms. The molecule has 1 unspecified atom stereocenters. The van der Waals surface area contributed by atoms with Gasteiger partial charge in [-0.2, -0.15) is 5.10 Å². The van der Waals surface area contributed by atoms with Crippen LogP contribution in [0.3, 0.4) is 0 Å². The fourth-order valence-corrected chi connectivity index (χ4v) is 7.06. The van der Waals surface area contributed by atoms with Crippen LogP contribution in [0.15, 0.2) is 48.7 Å². The smallest absolute Gasteiger partial charge is 0.0741 e. The Labute approximate surface area is 194 Å². The van der Waals surface area contributed by atoms with Gasteiger partial charge in [0, 0.05) is 5.39 Å². The Bertz CT molecular complexity index is 1060. The maximum Gasteiger partial charge on any atom is 0.0741 e. The summed E-state index contributed by atoms with van der Waals surface area (Å²) < 4.78 is 2.14. The van der Waals surface area contributed by atoms with Gasteiger partial charge in [0.25, 0.3) is 0 Å². The minimum Gasteiger partial charge on any atom is -0.233 e. The lowest BCUT2D eigenvalue weighted by molar-refractivity contribution is 0.231. The predicted octanol–water partition coefficient (Wildman–Crippen LogP) is 8.61. The first-order valence-corrected chi connectivity index (χ1v) is 13.2. The fourth-order valence-electron chi connectivity index (χ4n) is 7.06. The first-order chi connectivity index (χ1) is 15.6. The summed E-state index contributed by atoms with van der Waals surface area (Å²) in [7, 11) is 0. The van der Waals surface area contributed by atoms with E-state index in [2.05, 4.69) is 74.1 Å². The van der Waals surface area contributed by atoms with Crippen LogP contribution in [-0.4, -0.2) is 9.78 Å². The molecule has 2 aliphatic carbocycles. The predicted molar refractivity (Wildman–Crippen MR) is 136 cm³/mol. The Morgan fingerprint density at radius 3 is 2.38 bits per heavy atom. The summed E-state index contributed by atoms with van der Waals surface area (Å²) in [5, 5.41) is 6.10. The second-order valence-electron chi connectivity index (χ2n) is 10.9. The molecule has 2 aromatic carbocycles. The van der Waals surface area contributed by atoms with Gasteiger partial charge < -0.3 is 0 Å². The van der Waals surface area contributed by atoms with Crippen LogP contribution in [-0.2, 0) is 6.42 Å². The van der Waals surface area contributed by atoms with E-state index in [1.807, 2.05) is 0 Å². The van der Waals surface area contributed by atoms with E-state index in [0.717, 1.165) is 0 Å². The van der Waals surface area contributed by atoms with Crippen LogP contribution in [0, 0.1) is 10.8 Å². The maximum absolute atomic E-state index is 4.83. The van der Waals surface area contributed by atoms with E-state index in [4.69, 9.17) is 5.10 Å². The zero-order valence-electron chi connectivity index (χ0n) is 20.4. The summed E-state index contributed by atoms with van der Waals surface area (Å²) >= 11 is 0. The molecule has 0 bridgehead atoms. The van der Waals surface area contributed by atoms with Gasteiger partial charge in [0.05, 0.1) is 17.4 Å². The normalized spacial score (nSPS) is 20.7. The second kappa shape index (κ2) is 8.69. The molecule has 170 valence electrons. The van der Waals surface area contributed by atoms with Gasteiger partial charge in [0.1, 0.15) is 0 Å². The minimum absolute atomic E-state index is 0.494. The number of aromatic nitrogens is 2. The van der Waals surface area contributed by atoms with Crippen LogP contribution in [0.5, 0.6) is 0 Å². The van der Waals surface area contributed by atoms with Crippen molar-refractivity contribution in [2.75, 3.05) is 0 Å². The standard InChI is InChI=1S/C30H40N2/c1-4-29(15-6-7-16-29)21-24-11-10-12-27(19-24)32-28-14-13-25(20-26(28)22-31-32)23(3)30(5-2)17-8-9-18-30/h10-14,19-20,22-23H,4-9,15-18,21H2,1-3H3. The van der Waals surface area contributed by atoms with E-state index < -0.39 is 0 Å². The van der Waals surface area contributed by atoms with Gasteiger partial charge in [-0.3, -0.25) is 0 Å². The highest BCUT2D eigenvalue weighted by atomic mass is 15.3. The second-order valence-corrected chi connectivity index (χ2v) is 10.9. The van der Waals surface area contributed by atoms with Gasteiger partial charge in [0.2, 0.25) is 0 Å². The highest BCUT2D eigenvalue weighted by Crippen LogP contribution is 2.51. The highest BCUT2D eigenvalue weighted by Gasteiger charge is 2.38. The number of nitrogens with zero attached hydrogens (tertiary/aromatic N) is 2. The summed E-state index contributed by atoms with van der Waals surface area (Å²) in [6, 6.07) is 16.2. The van der Waals surface area contributed by atoms with Crippen molar-refractivity contribution in [3.63, 3.8) is 0 Å². The van der Waals surface area contributed by atoms with Crippen LogP contribution in [0.1, 0.15) is 102 Å². The highest BCUT2D eigenvalue weighted by molar-refractivity contribution is 5.81. The lowest BCUT2D eigenvalue weighted by Crippen LogP contribution is -2.23. The van der Waals surface area contributed by atoms with Gasteiger partial charge in [-0.15, -0.1) is 0 Å². The molecule has 3 aromatic rings. The van der Waals surface area contributed by atoms with E-state index in [0.29, 0.717) is 16.7 Å². The Morgan fingerprint density at radius 2 is 1.66 bits per heavy atom. The number of benzene rings is 2. The quantitative estimate of drug-likeness (QED) is 0.368. The number of rotatable bonds is 7. The van der Waals surface area contributed by atoms with E-state index >= 15 is 0 Å². The summed E-state index contributed by atoms with van der Waals surface area (Å²) in [5.74, 6) is 0.614. The van der Waals surface area contributed by atoms with Gasteiger partial charge >= 0.3 is 0 Å². The maximum atomic E-state index is 4.83. The molecule has 0 amide bonds. The van der Waals surface area contributed by atoms with E-state index in [1.54, 1.807) is 0 Å². The molecular formula is C30H40N2.